The zero-order valence-corrected chi connectivity index (χ0v) is 7.62. The van der Waals surface area contributed by atoms with E-state index in [1.807, 2.05) is 0 Å². The molecule has 1 fully saturated rings. The van der Waals surface area contributed by atoms with Crippen molar-refractivity contribution in [3.63, 3.8) is 0 Å². The molecule has 0 amide bonds. The summed E-state index contributed by atoms with van der Waals surface area (Å²) >= 11 is 0. The Labute approximate surface area is 76.2 Å². The van der Waals surface area contributed by atoms with Gasteiger partial charge in [0.1, 0.15) is 6.10 Å². The Balaban J connectivity index is 2.60. The Morgan fingerprint density at radius 1 is 1.38 bits per heavy atom. The van der Waals surface area contributed by atoms with Crippen molar-refractivity contribution in [2.75, 3.05) is 14.2 Å². The van der Waals surface area contributed by atoms with Crippen LogP contribution in [-0.2, 0) is 9.57 Å². The van der Waals surface area contributed by atoms with Crippen LogP contribution < -0.4 is 0 Å². The summed E-state index contributed by atoms with van der Waals surface area (Å²) in [5.74, 6) is 0. The molecule has 0 saturated carbocycles. The topological polar surface area (TPSA) is 82.4 Å². The van der Waals surface area contributed by atoms with Crippen molar-refractivity contribution in [2.24, 2.45) is 0 Å². The van der Waals surface area contributed by atoms with Gasteiger partial charge in [0.25, 0.3) is 0 Å². The highest BCUT2D eigenvalue weighted by atomic mass is 16.7. The van der Waals surface area contributed by atoms with Crippen LogP contribution in [0.4, 0.5) is 0 Å². The van der Waals surface area contributed by atoms with E-state index < -0.39 is 24.7 Å². The molecule has 1 rings (SSSR count). The Morgan fingerprint density at radius 3 is 2.54 bits per heavy atom. The first-order chi connectivity index (χ1) is 6.06. The number of ether oxygens (including phenoxy) is 1. The lowest BCUT2D eigenvalue weighted by atomic mass is 10.1. The van der Waals surface area contributed by atoms with Gasteiger partial charge < -0.3 is 20.1 Å². The third-order valence-corrected chi connectivity index (χ3v) is 2.07. The molecule has 3 N–H and O–H groups in total. The second-order valence-corrected chi connectivity index (χ2v) is 3.00. The average molecular weight is 193 g/mol. The Morgan fingerprint density at radius 2 is 2.00 bits per heavy atom. The van der Waals surface area contributed by atoms with Crippen molar-refractivity contribution in [3.8, 4) is 0 Å². The average Bonchev–Trinajstić information content (AvgIpc) is 2.10. The predicted molar refractivity (Wildman–Crippen MR) is 42.3 cm³/mol. The Bertz CT molecular complexity index is 167. The van der Waals surface area contributed by atoms with Crippen molar-refractivity contribution in [3.05, 3.63) is 0 Å². The maximum atomic E-state index is 9.45. The molecule has 1 saturated heterocycles. The number of aliphatic hydroxyl groups is 3. The van der Waals surface area contributed by atoms with Crippen molar-refractivity contribution in [1.82, 2.24) is 5.06 Å². The van der Waals surface area contributed by atoms with E-state index in [2.05, 4.69) is 0 Å². The fourth-order valence-corrected chi connectivity index (χ4v) is 1.24. The van der Waals surface area contributed by atoms with Crippen LogP contribution in [0.2, 0.25) is 0 Å². The smallest absolute Gasteiger partial charge is 0.164 e. The van der Waals surface area contributed by atoms with E-state index in [9.17, 15) is 10.2 Å². The molecule has 1 aliphatic rings. The van der Waals surface area contributed by atoms with Crippen LogP contribution in [0.1, 0.15) is 6.42 Å². The quantitative estimate of drug-likeness (QED) is 0.452. The van der Waals surface area contributed by atoms with Crippen molar-refractivity contribution in [2.45, 2.75) is 31.1 Å². The highest BCUT2D eigenvalue weighted by Crippen LogP contribution is 2.20. The third kappa shape index (κ3) is 2.37. The van der Waals surface area contributed by atoms with Crippen LogP contribution in [0.15, 0.2) is 0 Å². The molecule has 1 heterocycles. The van der Waals surface area contributed by atoms with Crippen molar-refractivity contribution >= 4 is 0 Å². The number of aliphatic hydroxyl groups excluding tert-OH is 3. The molecule has 4 atom stereocenters. The van der Waals surface area contributed by atoms with Crippen molar-refractivity contribution in [1.29, 1.82) is 0 Å². The summed E-state index contributed by atoms with van der Waals surface area (Å²) in [6.07, 6.45) is -3.97. The van der Waals surface area contributed by atoms with Gasteiger partial charge in [-0.05, 0) is 0 Å². The molecule has 1 aliphatic heterocycles. The Kier molecular flexibility index (Phi) is 3.60. The molecule has 0 aliphatic carbocycles. The monoisotopic (exact) mass is 193 g/mol. The maximum Gasteiger partial charge on any atom is 0.164 e. The molecule has 0 radical (unpaired) electrons. The highest BCUT2D eigenvalue weighted by Gasteiger charge is 2.38. The van der Waals surface area contributed by atoms with Crippen LogP contribution >= 0.6 is 0 Å². The summed E-state index contributed by atoms with van der Waals surface area (Å²) in [5.41, 5.74) is 0. The van der Waals surface area contributed by atoms with Gasteiger partial charge in [0, 0.05) is 13.5 Å². The molecular weight excluding hydrogens is 178 g/mol. The third-order valence-electron chi connectivity index (χ3n) is 2.07. The SMILES string of the molecule is CON(C)[C@@H]1OC(O)CC(O)C1O. The first kappa shape index (κ1) is 10.8. The molecule has 0 bridgehead atoms. The molecule has 6 heteroatoms. The van der Waals surface area contributed by atoms with Crippen LogP contribution in [0.5, 0.6) is 0 Å². The fourth-order valence-electron chi connectivity index (χ4n) is 1.24. The van der Waals surface area contributed by atoms with Gasteiger partial charge in [0.05, 0.1) is 13.2 Å². The van der Waals surface area contributed by atoms with Gasteiger partial charge in [0.15, 0.2) is 12.5 Å². The van der Waals surface area contributed by atoms with Gasteiger partial charge in [-0.2, -0.15) is 5.06 Å². The summed E-state index contributed by atoms with van der Waals surface area (Å²) in [6.45, 7) is 0. The molecule has 0 aromatic carbocycles. The van der Waals surface area contributed by atoms with Gasteiger partial charge in [-0.15, -0.1) is 0 Å². The van der Waals surface area contributed by atoms with E-state index in [-0.39, 0.29) is 6.42 Å². The highest BCUT2D eigenvalue weighted by molar-refractivity contribution is 4.79. The molecular formula is C7H15NO5. The molecule has 0 aromatic rings. The summed E-state index contributed by atoms with van der Waals surface area (Å²) in [4.78, 5) is 4.78. The lowest BCUT2D eigenvalue weighted by Gasteiger charge is -2.38. The minimum Gasteiger partial charge on any atom is -0.390 e. The summed E-state index contributed by atoms with van der Waals surface area (Å²) in [5, 5.41) is 29.1. The maximum absolute atomic E-state index is 9.45. The van der Waals surface area contributed by atoms with Crippen molar-refractivity contribution < 1.29 is 24.9 Å². The van der Waals surface area contributed by atoms with Crippen LogP contribution in [-0.4, -0.2) is 59.3 Å². The molecule has 78 valence electrons. The van der Waals surface area contributed by atoms with Gasteiger partial charge in [-0.3, -0.25) is 4.84 Å². The van der Waals surface area contributed by atoms with Gasteiger partial charge >= 0.3 is 0 Å². The number of likely N-dealkylation sites (N-methyl/N-ethyl adjacent to an activating group) is 1. The number of rotatable bonds is 2. The van der Waals surface area contributed by atoms with Gasteiger partial charge in [0.2, 0.25) is 0 Å². The van der Waals surface area contributed by atoms with E-state index in [4.69, 9.17) is 14.7 Å². The number of hydrogen-bond donors (Lipinski definition) is 3. The Hall–Kier alpha value is -0.240. The van der Waals surface area contributed by atoms with Gasteiger partial charge in [-0.25, -0.2) is 0 Å². The van der Waals surface area contributed by atoms with Crippen LogP contribution in [0.25, 0.3) is 0 Å². The van der Waals surface area contributed by atoms with E-state index in [0.29, 0.717) is 0 Å². The number of nitrogens with zero attached hydrogens (tertiary/aromatic N) is 1. The van der Waals surface area contributed by atoms with E-state index in [1.165, 1.54) is 12.2 Å². The van der Waals surface area contributed by atoms with E-state index in [0.717, 1.165) is 0 Å². The largest absolute Gasteiger partial charge is 0.390 e. The minimum atomic E-state index is -1.08. The molecule has 0 aromatic heterocycles. The second-order valence-electron chi connectivity index (χ2n) is 3.00. The molecule has 0 spiro atoms. The summed E-state index contributed by atoms with van der Waals surface area (Å²) in [6, 6.07) is 0. The lowest BCUT2D eigenvalue weighted by molar-refractivity contribution is -0.326. The fraction of sp³-hybridized carbons (Fsp3) is 1.00. The first-order valence-electron chi connectivity index (χ1n) is 4.03. The molecule has 13 heavy (non-hydrogen) atoms. The normalized spacial score (nSPS) is 41.1. The number of hydroxylamine groups is 2. The lowest BCUT2D eigenvalue weighted by Crippen LogP contribution is -2.54. The number of hydrogen-bond acceptors (Lipinski definition) is 6. The zero-order chi connectivity index (χ0) is 10.0. The summed E-state index contributed by atoms with van der Waals surface area (Å²) < 4.78 is 4.97. The van der Waals surface area contributed by atoms with E-state index in [1.54, 1.807) is 7.05 Å². The minimum absolute atomic E-state index is 0.00915. The van der Waals surface area contributed by atoms with Crippen LogP contribution in [0.3, 0.4) is 0 Å². The zero-order valence-electron chi connectivity index (χ0n) is 7.62. The van der Waals surface area contributed by atoms with Crippen LogP contribution in [0, 0.1) is 0 Å². The van der Waals surface area contributed by atoms with E-state index >= 15 is 0 Å². The first-order valence-corrected chi connectivity index (χ1v) is 4.03. The molecule has 6 nitrogen and oxygen atoms in total. The standard InChI is InChI=1S/C7H15NO5/c1-8(12-2)7-6(11)4(9)3-5(10)13-7/h4-7,9-11H,3H2,1-2H3/t4?,5?,6?,7-/m1/s1. The van der Waals surface area contributed by atoms with Gasteiger partial charge in [-0.1, -0.05) is 0 Å². The second kappa shape index (κ2) is 4.32. The molecule has 3 unspecified atom stereocenters. The predicted octanol–water partition coefficient (Wildman–Crippen LogP) is -1.73. The summed E-state index contributed by atoms with van der Waals surface area (Å²) in [7, 11) is 2.95.